The number of likely N-dealkylation sites (N-methyl/N-ethyl adjacent to an activating group) is 1. The highest BCUT2D eigenvalue weighted by Gasteiger charge is 2.23. The first kappa shape index (κ1) is 24.4. The number of nitrogens with zero attached hydrogens (tertiary/aromatic N) is 2. The van der Waals surface area contributed by atoms with Gasteiger partial charge in [-0.15, -0.1) is 12.4 Å². The lowest BCUT2D eigenvalue weighted by molar-refractivity contribution is -0.138. The van der Waals surface area contributed by atoms with Crippen LogP contribution in [0.25, 0.3) is 0 Å². The molecule has 0 aromatic heterocycles. The summed E-state index contributed by atoms with van der Waals surface area (Å²) >= 11 is 0. The van der Waals surface area contributed by atoms with Gasteiger partial charge in [0.2, 0.25) is 5.91 Å². The smallest absolute Gasteiger partial charge is 0.317 e. The van der Waals surface area contributed by atoms with Crippen molar-refractivity contribution < 1.29 is 14.7 Å². The van der Waals surface area contributed by atoms with Crippen LogP contribution < -0.4 is 5.32 Å². The zero-order valence-electron chi connectivity index (χ0n) is 17.4. The van der Waals surface area contributed by atoms with Crippen LogP contribution in [0.5, 0.6) is 0 Å². The highest BCUT2D eigenvalue weighted by Crippen LogP contribution is 2.29. The Kier molecular flexibility index (Phi) is 9.40. The van der Waals surface area contributed by atoms with Gasteiger partial charge in [0.25, 0.3) is 0 Å². The molecule has 0 spiro atoms. The van der Waals surface area contributed by atoms with Crippen LogP contribution in [0.1, 0.15) is 45.6 Å². The number of para-hydroxylation sites is 1. The maximum Gasteiger partial charge on any atom is 0.317 e. The average molecular weight is 412 g/mol. The minimum Gasteiger partial charge on any atom is -0.480 e. The van der Waals surface area contributed by atoms with E-state index in [2.05, 4.69) is 37.1 Å². The van der Waals surface area contributed by atoms with Gasteiger partial charge in [-0.05, 0) is 49.9 Å². The van der Waals surface area contributed by atoms with E-state index in [4.69, 9.17) is 5.11 Å². The number of amides is 1. The van der Waals surface area contributed by atoms with Crippen molar-refractivity contribution in [3.8, 4) is 0 Å². The summed E-state index contributed by atoms with van der Waals surface area (Å²) in [5.41, 5.74) is 1.97. The monoisotopic (exact) mass is 411 g/mol. The molecular formula is C21H34ClN3O3. The first-order chi connectivity index (χ1) is 12.7. The number of anilines is 1. The van der Waals surface area contributed by atoms with Crippen molar-refractivity contribution in [2.75, 3.05) is 38.5 Å². The Balaban J connectivity index is 0.00000392. The van der Waals surface area contributed by atoms with E-state index in [9.17, 15) is 9.59 Å². The second-order valence-electron chi connectivity index (χ2n) is 8.51. The van der Waals surface area contributed by atoms with E-state index in [1.807, 2.05) is 30.1 Å². The highest BCUT2D eigenvalue weighted by atomic mass is 35.5. The maximum atomic E-state index is 12.6. The summed E-state index contributed by atoms with van der Waals surface area (Å²) in [6, 6.07) is 8.22. The minimum atomic E-state index is -0.796. The van der Waals surface area contributed by atoms with Gasteiger partial charge in [0.05, 0.1) is 13.1 Å². The van der Waals surface area contributed by atoms with Crippen LogP contribution in [0.4, 0.5) is 5.69 Å². The third kappa shape index (κ3) is 7.41. The van der Waals surface area contributed by atoms with Crippen LogP contribution >= 0.6 is 12.4 Å². The Bertz CT molecular complexity index is 661. The molecule has 1 aromatic rings. The predicted molar refractivity (Wildman–Crippen MR) is 115 cm³/mol. The summed E-state index contributed by atoms with van der Waals surface area (Å²) < 4.78 is 0. The van der Waals surface area contributed by atoms with Gasteiger partial charge in [-0.2, -0.15) is 0 Å². The van der Waals surface area contributed by atoms with Gasteiger partial charge in [0.15, 0.2) is 0 Å². The van der Waals surface area contributed by atoms with Crippen LogP contribution in [-0.4, -0.2) is 66.1 Å². The molecule has 1 aliphatic rings. The maximum absolute atomic E-state index is 12.6. The van der Waals surface area contributed by atoms with Crippen molar-refractivity contribution in [2.45, 2.75) is 51.5 Å². The molecule has 158 valence electrons. The zero-order chi connectivity index (χ0) is 20.0. The predicted octanol–water partition coefficient (Wildman–Crippen LogP) is 3.22. The van der Waals surface area contributed by atoms with E-state index in [1.165, 1.54) is 0 Å². The number of rotatable bonds is 6. The number of hydrogen-bond donors (Lipinski definition) is 2. The molecule has 0 aliphatic carbocycles. The Labute approximate surface area is 174 Å². The molecule has 6 nitrogen and oxygen atoms in total. The number of carboxylic acids is 1. The van der Waals surface area contributed by atoms with Crippen molar-refractivity contribution in [1.82, 2.24) is 9.80 Å². The number of carbonyl (C=O) groups excluding carboxylic acids is 1. The molecule has 1 atom stereocenters. The first-order valence-corrected chi connectivity index (χ1v) is 9.70. The number of aliphatic carboxylic acids is 1. The number of halogens is 1. The molecule has 28 heavy (non-hydrogen) atoms. The van der Waals surface area contributed by atoms with Crippen molar-refractivity contribution in [1.29, 1.82) is 0 Å². The van der Waals surface area contributed by atoms with Gasteiger partial charge in [0, 0.05) is 18.3 Å². The number of carbonyl (C=O) groups is 2. The number of likely N-dealkylation sites (tertiary alicyclic amines) is 1. The van der Waals surface area contributed by atoms with Gasteiger partial charge in [0.1, 0.15) is 0 Å². The number of nitrogens with one attached hydrogen (secondary N) is 1. The Morgan fingerprint density at radius 1 is 1.21 bits per heavy atom. The standard InChI is InChI=1S/C21H33N3O3.ClH/c1-21(2,3)17-9-5-6-10-18(17)22-19(25)14-24-12-7-8-16(11-13-24)23(4)15-20(26)27;/h5-6,9-10,16H,7-8,11-15H2,1-4H3,(H,22,25)(H,26,27);1H. The second kappa shape index (κ2) is 10.8. The van der Waals surface area contributed by atoms with Gasteiger partial charge in [-0.25, -0.2) is 0 Å². The molecule has 7 heteroatoms. The minimum absolute atomic E-state index is 0. The first-order valence-electron chi connectivity index (χ1n) is 9.70. The van der Waals surface area contributed by atoms with Crippen molar-refractivity contribution >= 4 is 30.0 Å². The number of hydrogen-bond acceptors (Lipinski definition) is 4. The molecule has 2 rings (SSSR count). The fraction of sp³-hybridized carbons (Fsp3) is 0.619. The highest BCUT2D eigenvalue weighted by molar-refractivity contribution is 5.93. The molecule has 1 heterocycles. The van der Waals surface area contributed by atoms with Crippen LogP contribution in [0, 0.1) is 0 Å². The summed E-state index contributed by atoms with van der Waals surface area (Å²) in [5.74, 6) is -0.792. The second-order valence-corrected chi connectivity index (χ2v) is 8.51. The molecule has 0 bridgehead atoms. The molecule has 1 aliphatic heterocycles. The van der Waals surface area contributed by atoms with Crippen molar-refractivity contribution in [3.05, 3.63) is 29.8 Å². The van der Waals surface area contributed by atoms with Crippen molar-refractivity contribution in [3.63, 3.8) is 0 Å². The quantitative estimate of drug-likeness (QED) is 0.751. The Morgan fingerprint density at radius 3 is 2.54 bits per heavy atom. The molecule has 1 fully saturated rings. The van der Waals surface area contributed by atoms with Crippen molar-refractivity contribution in [2.24, 2.45) is 0 Å². The summed E-state index contributed by atoms with van der Waals surface area (Å²) in [7, 11) is 1.87. The van der Waals surface area contributed by atoms with E-state index in [0.29, 0.717) is 6.54 Å². The van der Waals surface area contributed by atoms with E-state index in [0.717, 1.165) is 43.6 Å². The van der Waals surface area contributed by atoms with E-state index < -0.39 is 5.97 Å². The molecule has 0 saturated carbocycles. The lowest BCUT2D eigenvalue weighted by Crippen LogP contribution is -2.38. The van der Waals surface area contributed by atoms with E-state index in [1.54, 1.807) is 0 Å². The molecule has 1 aromatic carbocycles. The lowest BCUT2D eigenvalue weighted by Gasteiger charge is -2.26. The van der Waals surface area contributed by atoms with Gasteiger partial charge < -0.3 is 10.4 Å². The average Bonchev–Trinajstić information content (AvgIpc) is 2.79. The van der Waals surface area contributed by atoms with Gasteiger partial charge >= 0.3 is 5.97 Å². The molecule has 1 unspecified atom stereocenters. The zero-order valence-corrected chi connectivity index (χ0v) is 18.2. The van der Waals surface area contributed by atoms with E-state index >= 15 is 0 Å². The molecule has 0 radical (unpaired) electrons. The van der Waals surface area contributed by atoms with Gasteiger partial charge in [-0.3, -0.25) is 19.4 Å². The molecule has 1 amide bonds. The lowest BCUT2D eigenvalue weighted by atomic mass is 9.86. The summed E-state index contributed by atoms with van der Waals surface area (Å²) in [4.78, 5) is 27.6. The van der Waals surface area contributed by atoms with E-state index in [-0.39, 0.29) is 36.3 Å². The summed E-state index contributed by atoms with van der Waals surface area (Å²) in [6.07, 6.45) is 2.82. The fourth-order valence-electron chi connectivity index (χ4n) is 3.72. The van der Waals surface area contributed by atoms with Crippen LogP contribution in [0.3, 0.4) is 0 Å². The summed E-state index contributed by atoms with van der Waals surface area (Å²) in [6.45, 7) is 8.53. The molecule has 2 N–H and O–H groups in total. The van der Waals surface area contributed by atoms with Crippen LogP contribution in [-0.2, 0) is 15.0 Å². The van der Waals surface area contributed by atoms with Crippen LogP contribution in [0.15, 0.2) is 24.3 Å². The molecular weight excluding hydrogens is 378 g/mol. The third-order valence-electron chi connectivity index (χ3n) is 5.17. The fourth-order valence-corrected chi connectivity index (χ4v) is 3.72. The Morgan fingerprint density at radius 2 is 1.89 bits per heavy atom. The molecule has 1 saturated heterocycles. The Hall–Kier alpha value is -1.63. The largest absolute Gasteiger partial charge is 0.480 e. The topological polar surface area (TPSA) is 72.9 Å². The summed E-state index contributed by atoms with van der Waals surface area (Å²) in [5, 5.41) is 12.0. The number of benzene rings is 1. The number of carboxylic acid groups (broad SMARTS) is 1. The van der Waals surface area contributed by atoms with Crippen LogP contribution in [0.2, 0.25) is 0 Å². The normalized spacial score (nSPS) is 18.2. The third-order valence-corrected chi connectivity index (χ3v) is 5.17. The van der Waals surface area contributed by atoms with Gasteiger partial charge in [-0.1, -0.05) is 39.0 Å². The SMILES string of the molecule is CN(CC(=O)O)C1CCCN(CC(=O)Nc2ccccc2C(C)(C)C)CC1.Cl.